The monoisotopic (exact) mass is 456 g/mol. The van der Waals surface area contributed by atoms with Crippen LogP contribution in [0.2, 0.25) is 0 Å². The minimum Gasteiger partial charge on any atom is -0.458 e. The van der Waals surface area contributed by atoms with E-state index < -0.39 is 35.2 Å². The van der Waals surface area contributed by atoms with Gasteiger partial charge in [0, 0.05) is 30.6 Å². The number of hydrogen-bond acceptors (Lipinski definition) is 7. The number of carbonyl (C=O) groups is 4. The van der Waals surface area contributed by atoms with E-state index in [1.807, 2.05) is 13.0 Å². The zero-order valence-electron chi connectivity index (χ0n) is 19.9. The Hall–Kier alpha value is -2.28. The molecule has 5 aliphatic rings. The fourth-order valence-corrected chi connectivity index (χ4v) is 8.34. The highest BCUT2D eigenvalue weighted by molar-refractivity contribution is 6.01. The van der Waals surface area contributed by atoms with Gasteiger partial charge in [0.1, 0.15) is 5.60 Å². The predicted molar refractivity (Wildman–Crippen MR) is 117 cm³/mol. The van der Waals surface area contributed by atoms with Gasteiger partial charge in [-0.15, -0.1) is 0 Å². The number of fused-ring (bicyclic) bond motifs is 3. The van der Waals surface area contributed by atoms with Gasteiger partial charge in [0.15, 0.2) is 18.0 Å². The largest absolute Gasteiger partial charge is 0.458 e. The molecule has 0 aromatic carbocycles. The molecular formula is C26H32O7. The van der Waals surface area contributed by atoms with Crippen LogP contribution in [-0.2, 0) is 33.4 Å². The third kappa shape index (κ3) is 2.66. The molecule has 178 valence electrons. The van der Waals surface area contributed by atoms with Crippen LogP contribution in [0.3, 0.4) is 0 Å². The molecule has 0 amide bonds. The van der Waals surface area contributed by atoms with Crippen molar-refractivity contribution in [2.75, 3.05) is 6.61 Å². The van der Waals surface area contributed by atoms with Crippen molar-refractivity contribution in [2.24, 2.45) is 28.6 Å². The third-order valence-corrected chi connectivity index (χ3v) is 9.60. The SMILES string of the molecule is CC(=O)OCC(=O)[C@@]1(OC(C)=O)[C@@H](C)C[C@H]2[C@@H]3CCC4=CC(=O)C=C[C@]4(C)[C@@]34O[C@H]4C[C@@]21C. The van der Waals surface area contributed by atoms with Gasteiger partial charge in [0.05, 0.1) is 6.10 Å². The summed E-state index contributed by atoms with van der Waals surface area (Å²) in [6.07, 6.45) is 8.29. The maximum absolute atomic E-state index is 13.6. The van der Waals surface area contributed by atoms with Gasteiger partial charge in [-0.1, -0.05) is 25.5 Å². The number of esters is 2. The van der Waals surface area contributed by atoms with Crippen molar-refractivity contribution in [3.8, 4) is 0 Å². The number of Topliss-reactive ketones (excluding diaryl/α,β-unsaturated/α-hetero) is 1. The van der Waals surface area contributed by atoms with Crippen molar-refractivity contribution < 1.29 is 33.4 Å². The molecule has 7 heteroatoms. The third-order valence-electron chi connectivity index (χ3n) is 9.60. The molecule has 8 atom stereocenters. The van der Waals surface area contributed by atoms with Crippen molar-refractivity contribution in [2.45, 2.75) is 77.6 Å². The molecular weight excluding hydrogens is 424 g/mol. The Morgan fingerprint density at radius 2 is 1.88 bits per heavy atom. The highest BCUT2D eigenvalue weighted by Crippen LogP contribution is 2.76. The molecule has 1 aliphatic heterocycles. The molecule has 4 fully saturated rings. The van der Waals surface area contributed by atoms with Crippen LogP contribution in [-0.4, -0.2) is 47.4 Å². The Morgan fingerprint density at radius 3 is 2.55 bits per heavy atom. The average molecular weight is 457 g/mol. The van der Waals surface area contributed by atoms with Crippen LogP contribution in [0.15, 0.2) is 23.8 Å². The second-order valence-electron chi connectivity index (χ2n) is 11.0. The van der Waals surface area contributed by atoms with Crippen LogP contribution in [0.4, 0.5) is 0 Å². The van der Waals surface area contributed by atoms with Crippen molar-refractivity contribution >= 4 is 23.5 Å². The summed E-state index contributed by atoms with van der Waals surface area (Å²) >= 11 is 0. The number of hydrogen-bond donors (Lipinski definition) is 0. The zero-order chi connectivity index (χ0) is 24.0. The summed E-state index contributed by atoms with van der Waals surface area (Å²) in [6, 6.07) is 0. The van der Waals surface area contributed by atoms with Crippen molar-refractivity contribution in [3.63, 3.8) is 0 Å². The smallest absolute Gasteiger partial charge is 0.303 e. The van der Waals surface area contributed by atoms with Gasteiger partial charge in [-0.25, -0.2) is 0 Å². The number of allylic oxidation sites excluding steroid dienone is 2. The van der Waals surface area contributed by atoms with E-state index in [0.717, 1.165) is 24.8 Å². The highest BCUT2D eigenvalue weighted by Gasteiger charge is 2.83. The Bertz CT molecular complexity index is 1030. The normalized spacial score (nSPS) is 46.8. The van der Waals surface area contributed by atoms with Crippen LogP contribution >= 0.6 is 0 Å². The molecule has 3 saturated carbocycles. The molecule has 7 nitrogen and oxygen atoms in total. The van der Waals surface area contributed by atoms with Crippen LogP contribution in [0.1, 0.15) is 60.3 Å². The number of carbonyl (C=O) groups excluding carboxylic acids is 4. The number of ether oxygens (including phenoxy) is 3. The van der Waals surface area contributed by atoms with Gasteiger partial charge < -0.3 is 14.2 Å². The fourth-order valence-electron chi connectivity index (χ4n) is 8.34. The zero-order valence-corrected chi connectivity index (χ0v) is 19.9. The lowest BCUT2D eigenvalue weighted by molar-refractivity contribution is -0.193. The number of ketones is 2. The summed E-state index contributed by atoms with van der Waals surface area (Å²) in [7, 11) is 0. The van der Waals surface area contributed by atoms with E-state index in [1.54, 1.807) is 12.2 Å². The molecule has 1 saturated heterocycles. The van der Waals surface area contributed by atoms with E-state index in [2.05, 4.69) is 13.8 Å². The van der Waals surface area contributed by atoms with Crippen LogP contribution in [0, 0.1) is 28.6 Å². The van der Waals surface area contributed by atoms with Gasteiger partial charge in [0.25, 0.3) is 0 Å². The summed E-state index contributed by atoms with van der Waals surface area (Å²) in [5, 5.41) is 0. The predicted octanol–water partition coefficient (Wildman–Crippen LogP) is 3.11. The molecule has 0 aromatic heterocycles. The highest BCUT2D eigenvalue weighted by atomic mass is 16.6. The van der Waals surface area contributed by atoms with Gasteiger partial charge in [-0.2, -0.15) is 0 Å². The van der Waals surface area contributed by atoms with Gasteiger partial charge in [-0.3, -0.25) is 19.2 Å². The number of rotatable bonds is 4. The first-order valence-corrected chi connectivity index (χ1v) is 11.9. The lowest BCUT2D eigenvalue weighted by atomic mass is 9.46. The van der Waals surface area contributed by atoms with E-state index in [0.29, 0.717) is 6.42 Å². The maximum atomic E-state index is 13.6. The van der Waals surface area contributed by atoms with Gasteiger partial charge >= 0.3 is 11.9 Å². The minimum atomic E-state index is -1.37. The average Bonchev–Trinajstić information content (AvgIpc) is 3.40. The molecule has 1 spiro atoms. The molecule has 4 aliphatic carbocycles. The first-order chi connectivity index (χ1) is 15.4. The molecule has 33 heavy (non-hydrogen) atoms. The van der Waals surface area contributed by atoms with Gasteiger partial charge in [0.2, 0.25) is 5.78 Å². The summed E-state index contributed by atoms with van der Waals surface area (Å²) < 4.78 is 17.6. The Kier molecular flexibility index (Phi) is 4.69. The Labute approximate surface area is 193 Å². The summed E-state index contributed by atoms with van der Waals surface area (Å²) in [4.78, 5) is 49.4. The van der Waals surface area contributed by atoms with Crippen molar-refractivity contribution in [1.82, 2.24) is 0 Å². The maximum Gasteiger partial charge on any atom is 0.303 e. The van der Waals surface area contributed by atoms with E-state index in [1.165, 1.54) is 13.8 Å². The van der Waals surface area contributed by atoms with Crippen molar-refractivity contribution in [3.05, 3.63) is 23.8 Å². The molecule has 0 aromatic rings. The topological polar surface area (TPSA) is 99.3 Å². The quantitative estimate of drug-likeness (QED) is 0.473. The van der Waals surface area contributed by atoms with Crippen LogP contribution in [0.25, 0.3) is 0 Å². The summed E-state index contributed by atoms with van der Waals surface area (Å²) in [6.45, 7) is 8.36. The summed E-state index contributed by atoms with van der Waals surface area (Å²) in [5.74, 6) is -1.34. The second kappa shape index (κ2) is 6.87. The molecule has 0 radical (unpaired) electrons. The van der Waals surface area contributed by atoms with E-state index >= 15 is 0 Å². The first-order valence-electron chi connectivity index (χ1n) is 11.9. The van der Waals surface area contributed by atoms with Crippen LogP contribution < -0.4 is 0 Å². The van der Waals surface area contributed by atoms with E-state index in [9.17, 15) is 19.2 Å². The van der Waals surface area contributed by atoms with E-state index in [4.69, 9.17) is 14.2 Å². The summed E-state index contributed by atoms with van der Waals surface area (Å²) in [5.41, 5.74) is -1.64. The molecule has 1 heterocycles. The van der Waals surface area contributed by atoms with Crippen molar-refractivity contribution in [1.29, 1.82) is 0 Å². The first kappa shape index (κ1) is 22.5. The van der Waals surface area contributed by atoms with Gasteiger partial charge in [-0.05, 0) is 56.6 Å². The minimum absolute atomic E-state index is 0.0228. The molecule has 5 rings (SSSR count). The molecule has 0 N–H and O–H groups in total. The lowest BCUT2D eigenvalue weighted by Gasteiger charge is -2.56. The number of epoxide rings is 1. The molecule has 0 unspecified atom stereocenters. The lowest BCUT2D eigenvalue weighted by Crippen LogP contribution is -2.63. The van der Waals surface area contributed by atoms with E-state index in [-0.39, 0.29) is 40.8 Å². The van der Waals surface area contributed by atoms with Crippen LogP contribution in [0.5, 0.6) is 0 Å². The Morgan fingerprint density at radius 1 is 1.15 bits per heavy atom. The molecule has 0 bridgehead atoms. The Balaban J connectivity index is 1.57. The second-order valence-corrected chi connectivity index (χ2v) is 11.0. The standard InChI is InChI=1S/C26H32O7/c1-14-10-20-19-7-6-17-11-18(29)8-9-23(17,4)26(19)22(33-26)12-24(20,5)25(14,32-16(3)28)21(30)13-31-15(2)27/h8-9,11,14,19-20,22H,6-7,10,12-13H2,1-5H3/t14-,19-,20-,22-,23-,24-,25-,26+/m0/s1. The fraction of sp³-hybridized carbons (Fsp3) is 0.692.